The van der Waals surface area contributed by atoms with Crippen LogP contribution in [0, 0.1) is 0 Å². The molecule has 0 saturated heterocycles. The Bertz CT molecular complexity index is 4450. The maximum absolute atomic E-state index is 14.3. The number of amides is 4. The molecule has 79 heavy (non-hydrogen) atoms. The lowest BCUT2D eigenvalue weighted by Crippen LogP contribution is -2.29. The fourth-order valence-corrected chi connectivity index (χ4v) is 11.6. The van der Waals surface area contributed by atoms with Crippen LogP contribution in [0.4, 0.5) is 0 Å². The van der Waals surface area contributed by atoms with Crippen LogP contribution in [0.3, 0.4) is 0 Å². The predicted molar refractivity (Wildman–Crippen MR) is 316 cm³/mol. The van der Waals surface area contributed by atoms with Gasteiger partial charge < -0.3 is 38.5 Å². The van der Waals surface area contributed by atoms with Crippen molar-refractivity contribution in [3.8, 4) is 23.0 Å². The quantitative estimate of drug-likeness (QED) is 0.0654. The van der Waals surface area contributed by atoms with Gasteiger partial charge >= 0.3 is 0 Å². The van der Waals surface area contributed by atoms with Gasteiger partial charge in [-0.1, -0.05) is 101 Å². The average molecular weight is 1110 g/mol. The first-order valence-corrected chi connectivity index (χ1v) is 26.6. The number of fused-ring (bicyclic) bond motifs is 20. The molecule has 0 radical (unpaired) electrons. The maximum atomic E-state index is 14.3. The number of ether oxygens (including phenoxy) is 4. The normalized spacial score (nSPS) is 13.0. The number of H-pyrrole nitrogens is 3. The third kappa shape index (κ3) is 7.82. The number of para-hydroxylation sites is 4. The van der Waals surface area contributed by atoms with E-state index in [1.165, 1.54) is 9.80 Å². The number of aromatic nitrogens is 4. The number of alkyl halides is 1. The Morgan fingerprint density at radius 3 is 1.25 bits per heavy atom. The van der Waals surface area contributed by atoms with Gasteiger partial charge in [0.2, 0.25) is 0 Å². The number of aromatic amines is 3. The number of halogens is 1. The summed E-state index contributed by atoms with van der Waals surface area (Å²) in [7, 11) is 6.29. The Hall–Kier alpha value is -9.60. The monoisotopic (exact) mass is 1110 g/mol. The van der Waals surface area contributed by atoms with Gasteiger partial charge in [-0.2, -0.15) is 0 Å². The molecular formula is C64H51BrN6O8. The lowest BCUT2D eigenvalue weighted by atomic mass is 9.97. The number of rotatable bonds is 11. The standard InChI is InChI=1S/C32H25N3O4.C29H21N3O4.C3H5Br/c1-4-15-34-23-12-8-6-10-21(23)26-28-27(25-20-9-5-7-11-22(20)33-29(25)30(26)34)31(36)35(32(28)37)17-18-13-14-19(38-2)16-24(18)39-3;1-35-16-12-11-15(21(13-16)36-2)14-32-28(33)24-22-17-7-3-5-9-19(17)30-26(22)27-23(25(24)29(32)34)18-8-4-6-10-20(18)31-27;1-2-3-4/h4-14,16,33H,1,15,17H2,2-3H3;3-13,30-31H,14H2,1-2H3;2H,1,3H2. The first-order chi connectivity index (χ1) is 38.6. The van der Waals surface area contributed by atoms with E-state index in [4.69, 9.17) is 18.9 Å². The van der Waals surface area contributed by atoms with Gasteiger partial charge in [0.05, 0.1) is 85.8 Å². The Balaban J connectivity index is 0.000000148. The van der Waals surface area contributed by atoms with Crippen LogP contribution in [0.25, 0.3) is 87.2 Å². The highest BCUT2D eigenvalue weighted by atomic mass is 79.9. The second-order valence-corrected chi connectivity index (χ2v) is 19.7. The van der Waals surface area contributed by atoms with Gasteiger partial charge in [-0.25, -0.2) is 0 Å². The minimum atomic E-state index is -0.315. The number of carbonyl (C=O) groups is 4. The number of imide groups is 2. The summed E-state index contributed by atoms with van der Waals surface area (Å²) in [6, 6.07) is 42.4. The van der Waals surface area contributed by atoms with Crippen molar-refractivity contribution < 1.29 is 38.1 Å². The molecule has 0 aliphatic carbocycles. The highest BCUT2D eigenvalue weighted by molar-refractivity contribution is 9.09. The molecule has 2 aliphatic rings. The van der Waals surface area contributed by atoms with Crippen molar-refractivity contribution in [1.29, 1.82) is 0 Å². The number of nitrogens with one attached hydrogen (secondary N) is 3. The van der Waals surface area contributed by atoms with Crippen molar-refractivity contribution in [2.24, 2.45) is 0 Å². The second-order valence-electron chi connectivity index (χ2n) is 19.1. The third-order valence-corrected chi connectivity index (χ3v) is 15.4. The Labute approximate surface area is 460 Å². The first kappa shape index (κ1) is 50.2. The first-order valence-electron chi connectivity index (χ1n) is 25.4. The summed E-state index contributed by atoms with van der Waals surface area (Å²) in [6.07, 6.45) is 3.64. The van der Waals surface area contributed by atoms with Gasteiger partial charge in [-0.05, 0) is 48.5 Å². The molecule has 4 amide bonds. The molecule has 0 unspecified atom stereocenters. The lowest BCUT2D eigenvalue weighted by Gasteiger charge is -2.17. The van der Waals surface area contributed by atoms with Crippen LogP contribution >= 0.6 is 15.9 Å². The van der Waals surface area contributed by atoms with E-state index in [9.17, 15) is 19.2 Å². The molecule has 0 bridgehead atoms. The molecule has 2 aliphatic heterocycles. The van der Waals surface area contributed by atoms with Crippen molar-refractivity contribution in [2.45, 2.75) is 19.6 Å². The molecule has 392 valence electrons. The molecule has 15 heteroatoms. The molecule has 0 saturated carbocycles. The topological polar surface area (TPSA) is 164 Å². The zero-order valence-electron chi connectivity index (χ0n) is 43.6. The van der Waals surface area contributed by atoms with Crippen LogP contribution in [0.1, 0.15) is 52.6 Å². The van der Waals surface area contributed by atoms with Gasteiger partial charge in [0, 0.05) is 100 Å². The molecule has 12 aromatic rings. The van der Waals surface area contributed by atoms with Gasteiger partial charge in [0.15, 0.2) is 0 Å². The molecule has 4 aromatic heterocycles. The molecule has 14 rings (SSSR count). The van der Waals surface area contributed by atoms with Crippen LogP contribution in [0.2, 0.25) is 0 Å². The highest BCUT2D eigenvalue weighted by Crippen LogP contribution is 2.47. The highest BCUT2D eigenvalue weighted by Gasteiger charge is 2.43. The third-order valence-electron chi connectivity index (χ3n) is 15.0. The maximum Gasteiger partial charge on any atom is 0.262 e. The predicted octanol–water partition coefficient (Wildman–Crippen LogP) is 13.8. The molecule has 6 heterocycles. The Morgan fingerprint density at radius 1 is 0.468 bits per heavy atom. The van der Waals surface area contributed by atoms with Crippen molar-refractivity contribution in [1.82, 2.24) is 29.3 Å². The van der Waals surface area contributed by atoms with Crippen molar-refractivity contribution in [3.05, 3.63) is 192 Å². The van der Waals surface area contributed by atoms with Gasteiger partial charge in [-0.3, -0.25) is 29.0 Å². The Kier molecular flexibility index (Phi) is 12.8. The zero-order valence-corrected chi connectivity index (χ0v) is 45.2. The molecule has 0 fully saturated rings. The number of methoxy groups -OCH3 is 4. The van der Waals surface area contributed by atoms with Crippen molar-refractivity contribution in [3.63, 3.8) is 0 Å². The van der Waals surface area contributed by atoms with E-state index >= 15 is 0 Å². The zero-order chi connectivity index (χ0) is 54.8. The van der Waals surface area contributed by atoms with E-state index in [1.54, 1.807) is 58.8 Å². The summed E-state index contributed by atoms with van der Waals surface area (Å²) in [5, 5.41) is 7.63. The van der Waals surface area contributed by atoms with E-state index in [0.717, 1.165) is 98.1 Å². The second kappa shape index (κ2) is 20.1. The SMILES string of the molecule is C=CCBr.C=CCn1c2ccccc2c2c3c(c4c5ccccc5[nH]c4c21)C(=O)N(Cc1ccc(OC)cc1OC)C3=O.COc1ccc(CN2C(=O)c3c(c4c5ccccc5[nH]c4c4[nH]c5ccccc5c34)C2=O)c(OC)c1. The van der Waals surface area contributed by atoms with E-state index in [-0.39, 0.29) is 36.7 Å². The van der Waals surface area contributed by atoms with E-state index in [0.29, 0.717) is 57.4 Å². The molecule has 0 atom stereocenters. The molecule has 8 aromatic carbocycles. The van der Waals surface area contributed by atoms with Gasteiger partial charge in [0.1, 0.15) is 23.0 Å². The number of benzene rings is 8. The fourth-order valence-electron chi connectivity index (χ4n) is 11.6. The largest absolute Gasteiger partial charge is 0.497 e. The minimum Gasteiger partial charge on any atom is -0.497 e. The van der Waals surface area contributed by atoms with Crippen molar-refractivity contribution >= 4 is 127 Å². The van der Waals surface area contributed by atoms with E-state index in [2.05, 4.69) is 48.6 Å². The minimum absolute atomic E-state index is 0.0795. The van der Waals surface area contributed by atoms with Gasteiger partial charge in [-0.15, -0.1) is 13.2 Å². The summed E-state index contributed by atoms with van der Waals surface area (Å²) < 4.78 is 23.9. The summed E-state index contributed by atoms with van der Waals surface area (Å²) in [5.41, 5.74) is 10.3. The molecular weight excluding hydrogens is 1060 g/mol. The van der Waals surface area contributed by atoms with Crippen LogP contribution in [0.15, 0.2) is 159 Å². The summed E-state index contributed by atoms with van der Waals surface area (Å²) >= 11 is 3.13. The number of carbonyl (C=O) groups excluding carboxylic acids is 4. The number of hydrogen-bond acceptors (Lipinski definition) is 8. The van der Waals surface area contributed by atoms with Crippen molar-refractivity contribution in [2.75, 3.05) is 33.8 Å². The summed E-state index contributed by atoms with van der Waals surface area (Å²) in [4.78, 5) is 69.7. The molecule has 3 N–H and O–H groups in total. The van der Waals surface area contributed by atoms with E-state index in [1.807, 2.05) is 115 Å². The van der Waals surface area contributed by atoms with Crippen LogP contribution < -0.4 is 18.9 Å². The molecule has 14 nitrogen and oxygen atoms in total. The van der Waals surface area contributed by atoms with Crippen LogP contribution in [-0.2, 0) is 19.6 Å². The summed E-state index contributed by atoms with van der Waals surface area (Å²) in [6.45, 7) is 8.14. The van der Waals surface area contributed by atoms with E-state index < -0.39 is 0 Å². The fraction of sp³-hybridized carbons (Fsp3) is 0.125. The summed E-state index contributed by atoms with van der Waals surface area (Å²) in [5.74, 6) is 1.13. The van der Waals surface area contributed by atoms with Crippen LogP contribution in [0.5, 0.6) is 23.0 Å². The van der Waals surface area contributed by atoms with Gasteiger partial charge in [0.25, 0.3) is 23.6 Å². The number of hydrogen-bond donors (Lipinski definition) is 3. The molecule has 0 spiro atoms. The van der Waals surface area contributed by atoms with Crippen LogP contribution in [-0.4, -0.2) is 86.7 Å². The lowest BCUT2D eigenvalue weighted by molar-refractivity contribution is 0.0627. The average Bonchev–Trinajstić information content (AvgIpc) is 3.13. The number of allylic oxidation sites excluding steroid dienone is 2. The number of nitrogens with zero attached hydrogens (tertiary/aromatic N) is 3. The Morgan fingerprint density at radius 2 is 0.848 bits per heavy atom. The smallest absolute Gasteiger partial charge is 0.262 e.